The van der Waals surface area contributed by atoms with Crippen LogP contribution in [0.5, 0.6) is 0 Å². The van der Waals surface area contributed by atoms with Gasteiger partial charge in [-0.1, -0.05) is 0 Å². The van der Waals surface area contributed by atoms with E-state index in [2.05, 4.69) is 26.2 Å². The van der Waals surface area contributed by atoms with Crippen molar-refractivity contribution in [2.24, 2.45) is 0 Å². The summed E-state index contributed by atoms with van der Waals surface area (Å²) < 4.78 is 0.795. The quantitative estimate of drug-likeness (QED) is 0.850. The highest BCUT2D eigenvalue weighted by Crippen LogP contribution is 2.17. The van der Waals surface area contributed by atoms with E-state index in [9.17, 15) is 14.4 Å². The average Bonchev–Trinajstić information content (AvgIpc) is 2.71. The number of carbonyl (C=O) groups is 3. The fourth-order valence-electron chi connectivity index (χ4n) is 1.82. The van der Waals surface area contributed by atoms with Crippen molar-refractivity contribution in [1.82, 2.24) is 9.88 Å². The van der Waals surface area contributed by atoms with Gasteiger partial charge in [0.2, 0.25) is 17.7 Å². The van der Waals surface area contributed by atoms with Crippen LogP contribution in [0.3, 0.4) is 0 Å². The van der Waals surface area contributed by atoms with E-state index in [0.29, 0.717) is 5.82 Å². The first kappa shape index (κ1) is 13.7. The van der Waals surface area contributed by atoms with E-state index in [1.807, 2.05) is 0 Å². The molecule has 1 aromatic heterocycles. The van der Waals surface area contributed by atoms with Gasteiger partial charge in [0.15, 0.2) is 0 Å². The van der Waals surface area contributed by atoms with Crippen LogP contribution in [0.2, 0.25) is 0 Å². The first-order chi connectivity index (χ1) is 8.99. The molecule has 1 unspecified atom stereocenters. The Hall–Kier alpha value is -1.76. The topological polar surface area (TPSA) is 79.4 Å². The Morgan fingerprint density at radius 3 is 2.53 bits per heavy atom. The minimum atomic E-state index is -0.826. The molecule has 3 amide bonds. The first-order valence-corrected chi connectivity index (χ1v) is 6.55. The summed E-state index contributed by atoms with van der Waals surface area (Å²) in [6.07, 6.45) is 1.90. The molecule has 0 bridgehead atoms. The lowest BCUT2D eigenvalue weighted by Crippen LogP contribution is -2.45. The number of amides is 3. The minimum Gasteiger partial charge on any atom is -0.309 e. The van der Waals surface area contributed by atoms with Crippen LogP contribution >= 0.6 is 15.9 Å². The molecule has 0 aliphatic carbocycles. The summed E-state index contributed by atoms with van der Waals surface area (Å²) in [6, 6.07) is 2.54. The van der Waals surface area contributed by atoms with Crippen LogP contribution in [0.4, 0.5) is 5.82 Å². The molecule has 0 spiro atoms. The number of nitrogens with one attached hydrogen (secondary N) is 1. The number of likely N-dealkylation sites (tertiary alicyclic amines) is 1. The average molecular weight is 326 g/mol. The molecule has 7 heteroatoms. The lowest BCUT2D eigenvalue weighted by Gasteiger charge is -2.21. The Morgan fingerprint density at radius 2 is 2.00 bits per heavy atom. The molecule has 6 nitrogen and oxygen atoms in total. The van der Waals surface area contributed by atoms with Gasteiger partial charge in [-0.3, -0.25) is 19.3 Å². The van der Waals surface area contributed by atoms with Gasteiger partial charge >= 0.3 is 0 Å². The summed E-state index contributed by atoms with van der Waals surface area (Å²) >= 11 is 3.24. The van der Waals surface area contributed by atoms with E-state index in [4.69, 9.17) is 0 Å². The summed E-state index contributed by atoms with van der Waals surface area (Å²) in [7, 11) is 0. The number of anilines is 1. The van der Waals surface area contributed by atoms with Crippen molar-refractivity contribution in [3.63, 3.8) is 0 Å². The highest BCUT2D eigenvalue weighted by Gasteiger charge is 2.36. The van der Waals surface area contributed by atoms with Crippen molar-refractivity contribution in [2.75, 3.05) is 5.32 Å². The minimum absolute atomic E-state index is 0.174. The van der Waals surface area contributed by atoms with Crippen molar-refractivity contribution in [2.45, 2.75) is 25.8 Å². The number of aromatic nitrogens is 1. The number of halogens is 1. The van der Waals surface area contributed by atoms with E-state index in [1.165, 1.54) is 6.92 Å². The van der Waals surface area contributed by atoms with Crippen LogP contribution in [0, 0.1) is 0 Å². The van der Waals surface area contributed by atoms with Crippen LogP contribution in [-0.4, -0.2) is 33.6 Å². The lowest BCUT2D eigenvalue weighted by molar-refractivity contribution is -0.144. The summed E-state index contributed by atoms with van der Waals surface area (Å²) in [5, 5.41) is 2.57. The van der Waals surface area contributed by atoms with Gasteiger partial charge in [-0.25, -0.2) is 4.98 Å². The molecule has 1 aliphatic rings. The zero-order valence-corrected chi connectivity index (χ0v) is 11.8. The molecule has 1 aliphatic heterocycles. The highest BCUT2D eigenvalue weighted by molar-refractivity contribution is 9.10. The Balaban J connectivity index is 2.05. The standard InChI is InChI=1S/C12H12BrN3O3/c1-7(16-10(17)4-5-11(16)18)12(19)15-9-3-2-8(13)6-14-9/h2-3,6-7H,4-5H2,1H3,(H,14,15,19). The number of nitrogens with zero attached hydrogens (tertiary/aromatic N) is 2. The number of hydrogen-bond acceptors (Lipinski definition) is 4. The van der Waals surface area contributed by atoms with Crippen molar-refractivity contribution in [3.8, 4) is 0 Å². The molecule has 1 aromatic rings. The van der Waals surface area contributed by atoms with Crippen molar-refractivity contribution in [3.05, 3.63) is 22.8 Å². The number of imide groups is 1. The molecule has 1 atom stereocenters. The van der Waals surface area contributed by atoms with Crippen molar-refractivity contribution < 1.29 is 14.4 Å². The van der Waals surface area contributed by atoms with Gasteiger partial charge in [-0.15, -0.1) is 0 Å². The van der Waals surface area contributed by atoms with Crippen LogP contribution in [0.1, 0.15) is 19.8 Å². The molecule has 2 rings (SSSR count). The fraction of sp³-hybridized carbons (Fsp3) is 0.333. The Bertz CT molecular complexity index is 514. The van der Waals surface area contributed by atoms with E-state index in [1.54, 1.807) is 18.3 Å². The molecule has 2 heterocycles. The molecule has 0 saturated carbocycles. The number of hydrogen-bond donors (Lipinski definition) is 1. The van der Waals surface area contributed by atoms with Gasteiger partial charge in [0.1, 0.15) is 11.9 Å². The maximum absolute atomic E-state index is 12.0. The van der Waals surface area contributed by atoms with Gasteiger partial charge in [-0.2, -0.15) is 0 Å². The fourth-order valence-corrected chi connectivity index (χ4v) is 2.06. The predicted molar refractivity (Wildman–Crippen MR) is 71.1 cm³/mol. The van der Waals surface area contributed by atoms with Gasteiger partial charge in [0, 0.05) is 23.5 Å². The lowest BCUT2D eigenvalue weighted by atomic mass is 10.2. The van der Waals surface area contributed by atoms with Gasteiger partial charge in [0.25, 0.3) is 0 Å². The molecule has 100 valence electrons. The second kappa shape index (κ2) is 5.48. The van der Waals surface area contributed by atoms with Crippen molar-refractivity contribution >= 4 is 39.5 Å². The second-order valence-electron chi connectivity index (χ2n) is 4.18. The third kappa shape index (κ3) is 2.98. The number of pyridine rings is 1. The summed E-state index contributed by atoms with van der Waals surface area (Å²) in [5.74, 6) is -0.676. The molecular formula is C12H12BrN3O3. The summed E-state index contributed by atoms with van der Waals surface area (Å²) in [6.45, 7) is 1.52. The zero-order chi connectivity index (χ0) is 14.0. The SMILES string of the molecule is CC(C(=O)Nc1ccc(Br)cn1)N1C(=O)CCC1=O. The Morgan fingerprint density at radius 1 is 1.37 bits per heavy atom. The molecule has 0 radical (unpaired) electrons. The molecule has 19 heavy (non-hydrogen) atoms. The molecule has 1 N–H and O–H groups in total. The molecule has 1 fully saturated rings. The third-order valence-corrected chi connectivity index (χ3v) is 3.30. The number of rotatable bonds is 3. The maximum atomic E-state index is 12.0. The summed E-state index contributed by atoms with van der Waals surface area (Å²) in [5.41, 5.74) is 0. The zero-order valence-electron chi connectivity index (χ0n) is 10.2. The van der Waals surface area contributed by atoms with Gasteiger partial charge in [0.05, 0.1) is 0 Å². The summed E-state index contributed by atoms with van der Waals surface area (Å²) in [4.78, 5) is 40.0. The third-order valence-electron chi connectivity index (χ3n) is 2.84. The Kier molecular flexibility index (Phi) is 3.94. The van der Waals surface area contributed by atoms with Crippen LogP contribution in [-0.2, 0) is 14.4 Å². The first-order valence-electron chi connectivity index (χ1n) is 5.76. The normalized spacial score (nSPS) is 16.6. The monoisotopic (exact) mass is 325 g/mol. The highest BCUT2D eigenvalue weighted by atomic mass is 79.9. The van der Waals surface area contributed by atoms with E-state index in [-0.39, 0.29) is 24.7 Å². The molecule has 0 aromatic carbocycles. The van der Waals surface area contributed by atoms with Crippen molar-refractivity contribution in [1.29, 1.82) is 0 Å². The van der Waals surface area contributed by atoms with Gasteiger partial charge < -0.3 is 5.32 Å². The molecule has 1 saturated heterocycles. The number of carbonyl (C=O) groups excluding carboxylic acids is 3. The second-order valence-corrected chi connectivity index (χ2v) is 5.10. The van der Waals surface area contributed by atoms with Crippen LogP contribution < -0.4 is 5.32 Å². The van der Waals surface area contributed by atoms with Gasteiger partial charge in [-0.05, 0) is 35.0 Å². The predicted octanol–water partition coefficient (Wildman–Crippen LogP) is 1.32. The largest absolute Gasteiger partial charge is 0.309 e. The van der Waals surface area contributed by atoms with E-state index < -0.39 is 11.9 Å². The van der Waals surface area contributed by atoms with E-state index in [0.717, 1.165) is 9.37 Å². The maximum Gasteiger partial charge on any atom is 0.248 e. The molecular weight excluding hydrogens is 314 g/mol. The van der Waals surface area contributed by atoms with Crippen LogP contribution in [0.25, 0.3) is 0 Å². The Labute approximate surface area is 118 Å². The van der Waals surface area contributed by atoms with Crippen LogP contribution in [0.15, 0.2) is 22.8 Å². The smallest absolute Gasteiger partial charge is 0.248 e. The van der Waals surface area contributed by atoms with E-state index >= 15 is 0 Å².